The molecule has 1 aromatic heterocycles. The summed E-state index contributed by atoms with van der Waals surface area (Å²) in [5.41, 5.74) is 0.376. The lowest BCUT2D eigenvalue weighted by Crippen LogP contribution is -2.04. The molecule has 96 valence electrons. The molecule has 0 N–H and O–H groups in total. The van der Waals surface area contributed by atoms with Crippen molar-refractivity contribution in [3.8, 4) is 5.75 Å². The lowest BCUT2D eigenvalue weighted by atomic mass is 10.3. The Kier molecular flexibility index (Phi) is 3.22. The summed E-state index contributed by atoms with van der Waals surface area (Å²) >= 11 is 0. The Labute approximate surface area is 99.6 Å². The lowest BCUT2D eigenvalue weighted by Gasteiger charge is -2.07. The van der Waals surface area contributed by atoms with Gasteiger partial charge in [0, 0.05) is 19.3 Å². The summed E-state index contributed by atoms with van der Waals surface area (Å²) in [6, 6.07) is 1.67. The minimum absolute atomic E-state index is 0.123. The molecule has 0 spiro atoms. The van der Waals surface area contributed by atoms with Crippen molar-refractivity contribution in [2.75, 3.05) is 0 Å². The number of ether oxygens (including phenoxy) is 1. The van der Waals surface area contributed by atoms with Crippen LogP contribution in [-0.4, -0.2) is 9.78 Å². The summed E-state index contributed by atoms with van der Waals surface area (Å²) in [5.74, 6) is -7.23. The van der Waals surface area contributed by atoms with Crippen LogP contribution in [0.2, 0.25) is 0 Å². The molecular weight excluding hydrogens is 252 g/mol. The van der Waals surface area contributed by atoms with Crippen LogP contribution >= 0.6 is 0 Å². The summed E-state index contributed by atoms with van der Waals surface area (Å²) in [4.78, 5) is 0. The average Bonchev–Trinajstić information content (AvgIpc) is 2.73. The van der Waals surface area contributed by atoms with Crippen LogP contribution in [0.25, 0.3) is 0 Å². The molecule has 0 amide bonds. The molecule has 0 unspecified atom stereocenters. The lowest BCUT2D eigenvalue weighted by molar-refractivity contribution is 0.257. The molecule has 7 heteroatoms. The Morgan fingerprint density at radius 3 is 2.28 bits per heavy atom. The van der Waals surface area contributed by atoms with Crippen LogP contribution in [0.4, 0.5) is 17.6 Å². The van der Waals surface area contributed by atoms with Crippen LogP contribution < -0.4 is 4.74 Å². The minimum Gasteiger partial charge on any atom is -0.481 e. The van der Waals surface area contributed by atoms with Gasteiger partial charge in [0.15, 0.2) is 17.4 Å². The van der Waals surface area contributed by atoms with E-state index >= 15 is 0 Å². The van der Waals surface area contributed by atoms with E-state index in [1.54, 1.807) is 19.3 Å². The van der Waals surface area contributed by atoms with Crippen LogP contribution in [0, 0.1) is 23.3 Å². The molecule has 0 fully saturated rings. The number of rotatable bonds is 3. The third-order valence-electron chi connectivity index (χ3n) is 2.20. The maximum absolute atomic E-state index is 13.2. The maximum Gasteiger partial charge on any atom is 0.203 e. The maximum atomic E-state index is 13.2. The Balaban J connectivity index is 2.24. The molecule has 0 saturated carbocycles. The van der Waals surface area contributed by atoms with E-state index in [1.807, 2.05) is 0 Å². The number of halogens is 4. The second-order valence-corrected chi connectivity index (χ2v) is 3.57. The second kappa shape index (κ2) is 4.67. The molecule has 2 rings (SSSR count). The monoisotopic (exact) mass is 260 g/mol. The average molecular weight is 260 g/mol. The summed E-state index contributed by atoms with van der Waals surface area (Å²) in [7, 11) is 1.65. The first-order chi connectivity index (χ1) is 8.49. The number of nitrogens with zero attached hydrogens (tertiary/aromatic N) is 2. The van der Waals surface area contributed by atoms with Gasteiger partial charge in [0.2, 0.25) is 11.6 Å². The molecule has 1 aromatic carbocycles. The highest BCUT2D eigenvalue weighted by Crippen LogP contribution is 2.26. The number of aryl methyl sites for hydroxylation is 1. The molecule has 2 aromatic rings. The highest BCUT2D eigenvalue weighted by Gasteiger charge is 2.20. The van der Waals surface area contributed by atoms with Crippen molar-refractivity contribution in [1.29, 1.82) is 0 Å². The molecule has 0 atom stereocenters. The van der Waals surface area contributed by atoms with Crippen molar-refractivity contribution >= 4 is 0 Å². The van der Waals surface area contributed by atoms with Crippen molar-refractivity contribution < 1.29 is 22.3 Å². The summed E-state index contributed by atoms with van der Waals surface area (Å²) in [6.45, 7) is -0.294. The van der Waals surface area contributed by atoms with E-state index in [0.29, 0.717) is 5.69 Å². The van der Waals surface area contributed by atoms with E-state index in [0.717, 1.165) is 0 Å². The smallest absolute Gasteiger partial charge is 0.203 e. The van der Waals surface area contributed by atoms with Crippen molar-refractivity contribution in [2.45, 2.75) is 6.61 Å². The fourth-order valence-corrected chi connectivity index (χ4v) is 1.36. The Hall–Kier alpha value is -2.05. The van der Waals surface area contributed by atoms with Gasteiger partial charge in [-0.05, 0) is 6.07 Å². The first kappa shape index (κ1) is 12.4. The molecule has 0 aliphatic heterocycles. The molecule has 0 bridgehead atoms. The summed E-state index contributed by atoms with van der Waals surface area (Å²) < 4.78 is 58.4. The number of aromatic nitrogens is 2. The molecule has 1 heterocycles. The van der Waals surface area contributed by atoms with Gasteiger partial charge in [-0.2, -0.15) is 13.9 Å². The van der Waals surface area contributed by atoms with E-state index in [4.69, 9.17) is 4.74 Å². The molecule has 0 aliphatic carbocycles. The molecule has 18 heavy (non-hydrogen) atoms. The van der Waals surface area contributed by atoms with Gasteiger partial charge in [-0.25, -0.2) is 8.78 Å². The third kappa shape index (κ3) is 2.29. The number of hydrogen-bond donors (Lipinski definition) is 0. The van der Waals surface area contributed by atoms with Crippen molar-refractivity contribution in [1.82, 2.24) is 9.78 Å². The first-order valence-corrected chi connectivity index (χ1v) is 4.93. The van der Waals surface area contributed by atoms with Gasteiger partial charge in [0.1, 0.15) is 6.61 Å². The summed E-state index contributed by atoms with van der Waals surface area (Å²) in [5, 5.41) is 3.89. The molecule has 0 saturated heterocycles. The topological polar surface area (TPSA) is 27.1 Å². The Bertz CT molecular complexity index is 556. The van der Waals surface area contributed by atoms with Gasteiger partial charge in [0.25, 0.3) is 0 Å². The fourth-order valence-electron chi connectivity index (χ4n) is 1.36. The zero-order valence-electron chi connectivity index (χ0n) is 9.25. The highest BCUT2D eigenvalue weighted by molar-refractivity contribution is 5.28. The van der Waals surface area contributed by atoms with Gasteiger partial charge in [0.05, 0.1) is 5.69 Å². The van der Waals surface area contributed by atoms with Crippen molar-refractivity contribution in [3.05, 3.63) is 47.3 Å². The predicted molar refractivity (Wildman–Crippen MR) is 53.8 cm³/mol. The Morgan fingerprint density at radius 2 is 1.78 bits per heavy atom. The predicted octanol–water partition coefficient (Wildman–Crippen LogP) is 2.56. The number of benzene rings is 1. The largest absolute Gasteiger partial charge is 0.481 e. The molecule has 3 nitrogen and oxygen atoms in total. The summed E-state index contributed by atoms with van der Waals surface area (Å²) in [6.07, 6.45) is 1.59. The van der Waals surface area contributed by atoms with E-state index in [2.05, 4.69) is 5.10 Å². The Morgan fingerprint density at radius 1 is 1.17 bits per heavy atom. The normalized spacial score (nSPS) is 10.7. The van der Waals surface area contributed by atoms with E-state index in [9.17, 15) is 17.6 Å². The fraction of sp³-hybridized carbons (Fsp3) is 0.182. The van der Waals surface area contributed by atoms with Gasteiger partial charge in [-0.1, -0.05) is 0 Å². The minimum atomic E-state index is -1.56. The van der Waals surface area contributed by atoms with Crippen LogP contribution in [0.15, 0.2) is 18.3 Å². The van der Waals surface area contributed by atoms with Gasteiger partial charge in [-0.15, -0.1) is 0 Å². The van der Waals surface area contributed by atoms with Crippen molar-refractivity contribution in [3.63, 3.8) is 0 Å². The van der Waals surface area contributed by atoms with Crippen LogP contribution in [0.1, 0.15) is 5.69 Å². The molecule has 0 aliphatic rings. The zero-order valence-corrected chi connectivity index (χ0v) is 9.25. The highest BCUT2D eigenvalue weighted by atomic mass is 19.2. The number of hydrogen-bond acceptors (Lipinski definition) is 2. The standard InChI is InChI=1S/C11H8F4N2O/c1-17-3-2-6(16-17)5-18-11-9(14)7(12)4-8(13)10(11)15/h2-4H,5H2,1H3. The molecular formula is C11H8F4N2O. The third-order valence-corrected chi connectivity index (χ3v) is 2.20. The van der Waals surface area contributed by atoms with E-state index in [-0.39, 0.29) is 12.7 Å². The quantitative estimate of drug-likeness (QED) is 0.626. The van der Waals surface area contributed by atoms with Gasteiger partial charge in [-0.3, -0.25) is 4.68 Å². The SMILES string of the molecule is Cn1ccc(COc2c(F)c(F)cc(F)c2F)n1. The van der Waals surface area contributed by atoms with Crippen LogP contribution in [0.3, 0.4) is 0 Å². The van der Waals surface area contributed by atoms with Crippen molar-refractivity contribution in [2.24, 2.45) is 7.05 Å². The van der Waals surface area contributed by atoms with Crippen LogP contribution in [0.5, 0.6) is 5.75 Å². The van der Waals surface area contributed by atoms with Gasteiger partial charge >= 0.3 is 0 Å². The van der Waals surface area contributed by atoms with E-state index < -0.39 is 29.0 Å². The second-order valence-electron chi connectivity index (χ2n) is 3.57. The van der Waals surface area contributed by atoms with Gasteiger partial charge < -0.3 is 4.74 Å². The zero-order chi connectivity index (χ0) is 13.3. The molecule has 0 radical (unpaired) electrons. The van der Waals surface area contributed by atoms with Crippen LogP contribution in [-0.2, 0) is 13.7 Å². The first-order valence-electron chi connectivity index (χ1n) is 4.93. The van der Waals surface area contributed by atoms with E-state index in [1.165, 1.54) is 4.68 Å².